The number of anilines is 1. The topological polar surface area (TPSA) is 87.9 Å². The van der Waals surface area contributed by atoms with E-state index < -0.39 is 0 Å². The number of phenolic OH excluding ortho intramolecular Hbond substituents is 1. The summed E-state index contributed by atoms with van der Waals surface area (Å²) in [7, 11) is 3.16. The molecule has 0 saturated carbocycles. The summed E-state index contributed by atoms with van der Waals surface area (Å²) in [5.74, 6) is 0.820. The molecule has 1 aromatic carbocycles. The molecule has 0 fully saturated rings. The van der Waals surface area contributed by atoms with Crippen LogP contribution in [-0.4, -0.2) is 34.7 Å². The summed E-state index contributed by atoms with van der Waals surface area (Å²) in [6.07, 6.45) is 3.43. The first-order chi connectivity index (χ1) is 12.5. The van der Waals surface area contributed by atoms with E-state index in [1.807, 2.05) is 35.7 Å². The van der Waals surface area contributed by atoms with E-state index in [-0.39, 0.29) is 11.8 Å². The number of nitrogens with zero attached hydrogens (tertiary/aromatic N) is 2. The maximum Gasteiger partial charge on any atom is 0.319 e. The Morgan fingerprint density at radius 1 is 1.27 bits per heavy atom. The fourth-order valence-corrected chi connectivity index (χ4v) is 2.85. The van der Waals surface area contributed by atoms with E-state index in [0.717, 1.165) is 41.2 Å². The third-order valence-corrected chi connectivity index (χ3v) is 4.36. The SMILES string of the molecule is CNC(=O)Nc1ccc(CCc2nc3cc(OC)ccn3c2C)cc1O. The zero-order valence-corrected chi connectivity index (χ0v) is 15.0. The Balaban J connectivity index is 1.74. The molecular weight excluding hydrogens is 332 g/mol. The van der Waals surface area contributed by atoms with E-state index in [9.17, 15) is 9.90 Å². The Bertz CT molecular complexity index is 949. The van der Waals surface area contributed by atoms with Crippen LogP contribution in [0.4, 0.5) is 10.5 Å². The van der Waals surface area contributed by atoms with Crippen LogP contribution >= 0.6 is 0 Å². The molecule has 2 amide bonds. The van der Waals surface area contributed by atoms with Crippen molar-refractivity contribution < 1.29 is 14.6 Å². The number of aryl methyl sites for hydroxylation is 3. The highest BCUT2D eigenvalue weighted by Gasteiger charge is 2.10. The van der Waals surface area contributed by atoms with Crippen molar-refractivity contribution in [1.29, 1.82) is 0 Å². The average Bonchev–Trinajstić information content (AvgIpc) is 2.97. The lowest BCUT2D eigenvalue weighted by Crippen LogP contribution is -2.24. The molecule has 0 aliphatic rings. The lowest BCUT2D eigenvalue weighted by Gasteiger charge is -2.08. The van der Waals surface area contributed by atoms with Gasteiger partial charge in [0.05, 0.1) is 18.5 Å². The number of hydrogen-bond acceptors (Lipinski definition) is 4. The molecule has 0 aliphatic carbocycles. The monoisotopic (exact) mass is 354 g/mol. The summed E-state index contributed by atoms with van der Waals surface area (Å²) in [4.78, 5) is 16.0. The van der Waals surface area contributed by atoms with E-state index in [4.69, 9.17) is 4.74 Å². The van der Waals surface area contributed by atoms with Crippen LogP contribution in [0.5, 0.6) is 11.5 Å². The smallest absolute Gasteiger partial charge is 0.319 e. The van der Waals surface area contributed by atoms with Gasteiger partial charge in [-0.15, -0.1) is 0 Å². The average molecular weight is 354 g/mol. The van der Waals surface area contributed by atoms with Crippen LogP contribution in [0.1, 0.15) is 17.0 Å². The molecule has 0 atom stereocenters. The summed E-state index contributed by atoms with van der Waals surface area (Å²) >= 11 is 0. The number of carbonyl (C=O) groups is 1. The molecule has 26 heavy (non-hydrogen) atoms. The number of nitrogens with one attached hydrogen (secondary N) is 2. The van der Waals surface area contributed by atoms with Crippen molar-refractivity contribution in [2.75, 3.05) is 19.5 Å². The van der Waals surface area contributed by atoms with Gasteiger partial charge in [0.2, 0.25) is 0 Å². The molecule has 3 rings (SSSR count). The fraction of sp³-hybridized carbons (Fsp3) is 0.263. The minimum Gasteiger partial charge on any atom is -0.506 e. The van der Waals surface area contributed by atoms with Crippen LogP contribution < -0.4 is 15.4 Å². The van der Waals surface area contributed by atoms with Crippen LogP contribution in [0.25, 0.3) is 5.65 Å². The van der Waals surface area contributed by atoms with Gasteiger partial charge in [0.25, 0.3) is 0 Å². The first-order valence-electron chi connectivity index (χ1n) is 8.34. The molecule has 0 aliphatic heterocycles. The molecule has 0 unspecified atom stereocenters. The van der Waals surface area contributed by atoms with Crippen LogP contribution in [0, 0.1) is 6.92 Å². The number of methoxy groups -OCH3 is 1. The van der Waals surface area contributed by atoms with E-state index in [2.05, 4.69) is 15.6 Å². The summed E-state index contributed by atoms with van der Waals surface area (Å²) in [5, 5.41) is 15.1. The van der Waals surface area contributed by atoms with Gasteiger partial charge >= 0.3 is 6.03 Å². The predicted octanol–water partition coefficient (Wildman–Crippen LogP) is 2.89. The fourth-order valence-electron chi connectivity index (χ4n) is 2.85. The summed E-state index contributed by atoms with van der Waals surface area (Å²) in [5.41, 5.74) is 4.29. The van der Waals surface area contributed by atoms with Crippen molar-refractivity contribution in [3.63, 3.8) is 0 Å². The second-order valence-corrected chi connectivity index (χ2v) is 5.99. The number of urea groups is 1. The van der Waals surface area contributed by atoms with Gasteiger partial charge < -0.3 is 24.9 Å². The molecule has 2 heterocycles. The van der Waals surface area contributed by atoms with Crippen LogP contribution in [0.2, 0.25) is 0 Å². The van der Waals surface area contributed by atoms with Gasteiger partial charge in [-0.2, -0.15) is 0 Å². The normalized spacial score (nSPS) is 10.7. The molecule has 3 aromatic rings. The number of imidazole rings is 1. The standard InChI is InChI=1S/C19H22N4O3/c1-12-15(21-18-11-14(26-3)8-9-23(12)18)6-4-13-5-7-16(17(24)10-13)22-19(25)20-2/h5,7-11,24H,4,6H2,1-3H3,(H2,20,22,25). The lowest BCUT2D eigenvalue weighted by atomic mass is 10.1. The van der Waals surface area contributed by atoms with Crippen molar-refractivity contribution in [3.8, 4) is 11.5 Å². The zero-order chi connectivity index (χ0) is 18.7. The van der Waals surface area contributed by atoms with Crippen LogP contribution in [0.15, 0.2) is 36.5 Å². The minimum absolute atomic E-state index is 0.0440. The number of rotatable bonds is 5. The van der Waals surface area contributed by atoms with Gasteiger partial charge in [0.1, 0.15) is 17.1 Å². The molecule has 7 heteroatoms. The van der Waals surface area contributed by atoms with E-state index in [0.29, 0.717) is 5.69 Å². The first kappa shape index (κ1) is 17.6. The van der Waals surface area contributed by atoms with Crippen LogP contribution in [-0.2, 0) is 12.8 Å². The highest BCUT2D eigenvalue weighted by atomic mass is 16.5. The molecule has 7 nitrogen and oxygen atoms in total. The maximum atomic E-state index is 11.3. The molecule has 136 valence electrons. The third-order valence-electron chi connectivity index (χ3n) is 4.36. The lowest BCUT2D eigenvalue weighted by molar-refractivity contribution is 0.254. The number of carbonyl (C=O) groups excluding carboxylic acids is 1. The number of amides is 2. The van der Waals surface area contributed by atoms with Crippen molar-refractivity contribution in [2.24, 2.45) is 0 Å². The number of benzene rings is 1. The number of fused-ring (bicyclic) bond motifs is 1. The molecular formula is C19H22N4O3. The van der Waals surface area contributed by atoms with Gasteiger partial charge in [-0.05, 0) is 43.5 Å². The van der Waals surface area contributed by atoms with Crippen molar-refractivity contribution in [2.45, 2.75) is 19.8 Å². The van der Waals surface area contributed by atoms with Gasteiger partial charge in [0.15, 0.2) is 0 Å². The molecule has 0 bridgehead atoms. The number of aromatic hydroxyl groups is 1. The van der Waals surface area contributed by atoms with Crippen molar-refractivity contribution in [3.05, 3.63) is 53.5 Å². The van der Waals surface area contributed by atoms with Gasteiger partial charge in [0, 0.05) is 25.0 Å². The van der Waals surface area contributed by atoms with Gasteiger partial charge in [-0.25, -0.2) is 9.78 Å². The molecule has 3 N–H and O–H groups in total. The Hall–Kier alpha value is -3.22. The van der Waals surface area contributed by atoms with Crippen LogP contribution in [0.3, 0.4) is 0 Å². The quantitative estimate of drug-likeness (QED) is 0.615. The molecule has 0 radical (unpaired) electrons. The maximum absolute atomic E-state index is 11.3. The number of phenols is 1. The van der Waals surface area contributed by atoms with E-state index in [1.165, 1.54) is 7.05 Å². The Kier molecular flexibility index (Phi) is 4.97. The number of hydrogen-bond donors (Lipinski definition) is 3. The molecule has 0 spiro atoms. The van der Waals surface area contributed by atoms with Crippen molar-refractivity contribution >= 4 is 17.4 Å². The Morgan fingerprint density at radius 2 is 2.08 bits per heavy atom. The largest absolute Gasteiger partial charge is 0.506 e. The second-order valence-electron chi connectivity index (χ2n) is 5.99. The molecule has 0 saturated heterocycles. The highest BCUT2D eigenvalue weighted by molar-refractivity contribution is 5.90. The Morgan fingerprint density at radius 3 is 2.77 bits per heavy atom. The third kappa shape index (κ3) is 3.56. The van der Waals surface area contributed by atoms with Gasteiger partial charge in [-0.1, -0.05) is 6.07 Å². The minimum atomic E-state index is -0.371. The highest BCUT2D eigenvalue weighted by Crippen LogP contribution is 2.25. The van der Waals surface area contributed by atoms with Crippen molar-refractivity contribution in [1.82, 2.24) is 14.7 Å². The summed E-state index contributed by atoms with van der Waals surface area (Å²) < 4.78 is 7.28. The zero-order valence-electron chi connectivity index (χ0n) is 15.0. The summed E-state index contributed by atoms with van der Waals surface area (Å²) in [6, 6.07) is 8.69. The number of aromatic nitrogens is 2. The van der Waals surface area contributed by atoms with E-state index >= 15 is 0 Å². The van der Waals surface area contributed by atoms with E-state index in [1.54, 1.807) is 19.2 Å². The van der Waals surface area contributed by atoms with Gasteiger partial charge in [-0.3, -0.25) is 0 Å². The number of pyridine rings is 1. The summed E-state index contributed by atoms with van der Waals surface area (Å²) in [6.45, 7) is 2.04. The predicted molar refractivity (Wildman–Crippen MR) is 100 cm³/mol. The molecule has 2 aromatic heterocycles. The number of ether oxygens (including phenoxy) is 1. The Labute approximate surface area is 151 Å². The first-order valence-corrected chi connectivity index (χ1v) is 8.34. The second kappa shape index (κ2) is 7.35.